The number of aryl methyl sites for hydroxylation is 2. The van der Waals surface area contributed by atoms with Crippen LogP contribution >= 0.6 is 0 Å². The lowest BCUT2D eigenvalue weighted by atomic mass is 9.94. The van der Waals surface area contributed by atoms with Gasteiger partial charge in [0.25, 0.3) is 0 Å². The van der Waals surface area contributed by atoms with E-state index in [0.29, 0.717) is 13.0 Å². The Balaban J connectivity index is 1.78. The molecule has 0 saturated heterocycles. The van der Waals surface area contributed by atoms with Crippen LogP contribution < -0.4 is 4.74 Å². The quantitative estimate of drug-likeness (QED) is 0.676. The first-order valence-electron chi connectivity index (χ1n) is 8.64. The molecule has 0 saturated carbocycles. The third-order valence-electron chi connectivity index (χ3n) is 4.56. The summed E-state index contributed by atoms with van der Waals surface area (Å²) in [6.45, 7) is 4.67. The second-order valence-electron chi connectivity index (χ2n) is 6.40. The summed E-state index contributed by atoms with van der Waals surface area (Å²) in [4.78, 5) is 0. The highest BCUT2D eigenvalue weighted by Gasteiger charge is 2.16. The molecule has 0 aliphatic rings. The predicted octanol–water partition coefficient (Wildman–Crippen LogP) is 5.16. The minimum absolute atomic E-state index is 0.494. The molecule has 0 bridgehead atoms. The summed E-state index contributed by atoms with van der Waals surface area (Å²) in [6.07, 6.45) is -0.00343. The molecule has 3 aromatic rings. The van der Waals surface area contributed by atoms with Crippen molar-refractivity contribution in [2.24, 2.45) is 0 Å². The topological polar surface area (TPSA) is 29.5 Å². The van der Waals surface area contributed by atoms with Gasteiger partial charge in [0.05, 0.1) is 6.10 Å². The van der Waals surface area contributed by atoms with Crippen molar-refractivity contribution in [2.75, 3.05) is 0 Å². The van der Waals surface area contributed by atoms with Crippen molar-refractivity contribution in [3.63, 3.8) is 0 Å². The van der Waals surface area contributed by atoms with Gasteiger partial charge in [0.1, 0.15) is 12.4 Å². The van der Waals surface area contributed by atoms with Gasteiger partial charge in [-0.2, -0.15) is 0 Å². The summed E-state index contributed by atoms with van der Waals surface area (Å²) < 4.78 is 5.98. The van der Waals surface area contributed by atoms with Gasteiger partial charge in [-0.25, -0.2) is 0 Å². The molecular weight excluding hydrogens is 308 g/mol. The maximum atomic E-state index is 10.8. The fourth-order valence-electron chi connectivity index (χ4n) is 3.10. The lowest BCUT2D eigenvalue weighted by molar-refractivity contribution is 0.170. The van der Waals surface area contributed by atoms with Crippen molar-refractivity contribution in [2.45, 2.75) is 33.0 Å². The van der Waals surface area contributed by atoms with Gasteiger partial charge in [-0.15, -0.1) is 0 Å². The van der Waals surface area contributed by atoms with Gasteiger partial charge in [-0.05, 0) is 42.2 Å². The Morgan fingerprint density at radius 1 is 0.800 bits per heavy atom. The number of aliphatic hydroxyl groups is 1. The molecular formula is C23H24O2. The normalized spacial score (nSPS) is 12.0. The Morgan fingerprint density at radius 2 is 1.44 bits per heavy atom. The molecule has 128 valence electrons. The number of para-hydroxylation sites is 1. The largest absolute Gasteiger partial charge is 0.489 e. The summed E-state index contributed by atoms with van der Waals surface area (Å²) >= 11 is 0. The van der Waals surface area contributed by atoms with E-state index in [-0.39, 0.29) is 0 Å². The van der Waals surface area contributed by atoms with E-state index in [4.69, 9.17) is 4.74 Å². The van der Waals surface area contributed by atoms with Crippen LogP contribution in [0.15, 0.2) is 72.8 Å². The van der Waals surface area contributed by atoms with Crippen LogP contribution in [-0.2, 0) is 13.0 Å². The Morgan fingerprint density at radius 3 is 2.16 bits per heavy atom. The van der Waals surface area contributed by atoms with Crippen LogP contribution in [0.1, 0.15) is 33.9 Å². The van der Waals surface area contributed by atoms with E-state index in [1.54, 1.807) is 0 Å². The van der Waals surface area contributed by atoms with Gasteiger partial charge in [0.2, 0.25) is 0 Å². The van der Waals surface area contributed by atoms with Gasteiger partial charge in [0, 0.05) is 12.0 Å². The third-order valence-corrected chi connectivity index (χ3v) is 4.56. The van der Waals surface area contributed by atoms with Crippen molar-refractivity contribution in [1.82, 2.24) is 0 Å². The van der Waals surface area contributed by atoms with E-state index in [1.165, 1.54) is 16.7 Å². The van der Waals surface area contributed by atoms with Crippen molar-refractivity contribution in [3.05, 3.63) is 101 Å². The second kappa shape index (κ2) is 8.00. The van der Waals surface area contributed by atoms with Crippen molar-refractivity contribution in [3.8, 4) is 5.75 Å². The van der Waals surface area contributed by atoms with Gasteiger partial charge < -0.3 is 9.84 Å². The molecule has 3 aromatic carbocycles. The Bertz CT molecular complexity index is 804. The van der Waals surface area contributed by atoms with Crippen LogP contribution in [-0.4, -0.2) is 5.11 Å². The number of rotatable bonds is 6. The Hall–Kier alpha value is -2.58. The lowest BCUT2D eigenvalue weighted by Crippen LogP contribution is -2.07. The zero-order valence-corrected chi connectivity index (χ0v) is 14.8. The first-order valence-corrected chi connectivity index (χ1v) is 8.64. The van der Waals surface area contributed by atoms with Crippen molar-refractivity contribution >= 4 is 0 Å². The van der Waals surface area contributed by atoms with Crippen LogP contribution in [0, 0.1) is 13.8 Å². The molecule has 0 radical (unpaired) electrons. The minimum Gasteiger partial charge on any atom is -0.489 e. The van der Waals surface area contributed by atoms with Crippen LogP contribution in [0.2, 0.25) is 0 Å². The second-order valence-corrected chi connectivity index (χ2v) is 6.40. The molecule has 0 spiro atoms. The van der Waals surface area contributed by atoms with E-state index in [1.807, 2.05) is 54.6 Å². The molecule has 0 amide bonds. The van der Waals surface area contributed by atoms with Gasteiger partial charge >= 0.3 is 0 Å². The predicted molar refractivity (Wildman–Crippen MR) is 102 cm³/mol. The average Bonchev–Trinajstić information content (AvgIpc) is 2.64. The monoisotopic (exact) mass is 332 g/mol. The number of benzene rings is 3. The molecule has 0 heterocycles. The zero-order valence-electron chi connectivity index (χ0n) is 14.8. The van der Waals surface area contributed by atoms with E-state index in [2.05, 4.69) is 32.0 Å². The highest BCUT2D eigenvalue weighted by Crippen LogP contribution is 2.30. The molecule has 0 aliphatic carbocycles. The van der Waals surface area contributed by atoms with Gasteiger partial charge in [-0.3, -0.25) is 0 Å². The number of ether oxygens (including phenoxy) is 1. The molecule has 2 heteroatoms. The van der Waals surface area contributed by atoms with E-state index in [0.717, 1.165) is 16.9 Å². The summed E-state index contributed by atoms with van der Waals surface area (Å²) in [5, 5.41) is 10.8. The SMILES string of the molecule is Cc1cccc(C)c1CC(O)c1ccccc1OCc1ccccc1. The Labute approximate surface area is 149 Å². The van der Waals surface area contributed by atoms with Crippen molar-refractivity contribution in [1.29, 1.82) is 0 Å². The fourth-order valence-corrected chi connectivity index (χ4v) is 3.10. The molecule has 2 nitrogen and oxygen atoms in total. The number of hydrogen-bond acceptors (Lipinski definition) is 2. The summed E-state index contributed by atoms with van der Waals surface area (Å²) in [6, 6.07) is 24.0. The molecule has 1 atom stereocenters. The Kier molecular flexibility index (Phi) is 5.52. The highest BCUT2D eigenvalue weighted by atomic mass is 16.5. The molecule has 0 aliphatic heterocycles. The first-order chi connectivity index (χ1) is 12.1. The van der Waals surface area contributed by atoms with E-state index < -0.39 is 6.10 Å². The molecule has 1 N–H and O–H groups in total. The van der Waals surface area contributed by atoms with Crippen molar-refractivity contribution < 1.29 is 9.84 Å². The fraction of sp³-hybridized carbons (Fsp3) is 0.217. The minimum atomic E-state index is -0.591. The first kappa shape index (κ1) is 17.2. The van der Waals surface area contributed by atoms with Crippen LogP contribution in [0.5, 0.6) is 5.75 Å². The van der Waals surface area contributed by atoms with E-state index >= 15 is 0 Å². The molecule has 25 heavy (non-hydrogen) atoms. The van der Waals surface area contributed by atoms with Crippen LogP contribution in [0.3, 0.4) is 0 Å². The maximum absolute atomic E-state index is 10.8. The molecule has 0 aromatic heterocycles. The van der Waals surface area contributed by atoms with Crippen LogP contribution in [0.4, 0.5) is 0 Å². The van der Waals surface area contributed by atoms with Gasteiger partial charge in [-0.1, -0.05) is 66.7 Å². The standard InChI is InChI=1S/C23H24O2/c1-17-9-8-10-18(2)21(17)15-22(24)20-13-6-7-14-23(20)25-16-19-11-4-3-5-12-19/h3-14,22,24H,15-16H2,1-2H3. The number of hydrogen-bond donors (Lipinski definition) is 1. The highest BCUT2D eigenvalue weighted by molar-refractivity contribution is 5.39. The molecule has 0 fully saturated rings. The molecule has 1 unspecified atom stereocenters. The van der Waals surface area contributed by atoms with Crippen LogP contribution in [0.25, 0.3) is 0 Å². The van der Waals surface area contributed by atoms with Gasteiger partial charge in [0.15, 0.2) is 0 Å². The average molecular weight is 332 g/mol. The maximum Gasteiger partial charge on any atom is 0.125 e. The summed E-state index contributed by atoms with van der Waals surface area (Å²) in [7, 11) is 0. The molecule has 3 rings (SSSR count). The summed E-state index contributed by atoms with van der Waals surface area (Å²) in [5.74, 6) is 0.741. The lowest BCUT2D eigenvalue weighted by Gasteiger charge is -2.18. The third kappa shape index (κ3) is 4.28. The smallest absolute Gasteiger partial charge is 0.125 e. The number of aliphatic hydroxyl groups excluding tert-OH is 1. The van der Waals surface area contributed by atoms with E-state index in [9.17, 15) is 5.11 Å². The zero-order chi connectivity index (χ0) is 17.6. The summed E-state index contributed by atoms with van der Waals surface area (Å²) in [5.41, 5.74) is 5.57.